The molecule has 136 valence electrons. The highest BCUT2D eigenvalue weighted by molar-refractivity contribution is 8.00. The van der Waals surface area contributed by atoms with E-state index in [1.165, 1.54) is 42.4 Å². The Kier molecular flexibility index (Phi) is 5.16. The summed E-state index contributed by atoms with van der Waals surface area (Å²) in [4.78, 5) is 28.1. The molecule has 0 bridgehead atoms. The van der Waals surface area contributed by atoms with Crippen LogP contribution >= 0.6 is 23.1 Å². The molecule has 3 heterocycles. The predicted molar refractivity (Wildman–Crippen MR) is 103 cm³/mol. The molecule has 1 fully saturated rings. The van der Waals surface area contributed by atoms with Crippen LogP contribution in [-0.4, -0.2) is 41.8 Å². The van der Waals surface area contributed by atoms with Gasteiger partial charge in [0.25, 0.3) is 5.78 Å². The van der Waals surface area contributed by atoms with Crippen molar-refractivity contribution in [3.05, 3.63) is 30.0 Å². The van der Waals surface area contributed by atoms with Crippen molar-refractivity contribution >= 4 is 39.9 Å². The second kappa shape index (κ2) is 7.71. The van der Waals surface area contributed by atoms with Crippen molar-refractivity contribution in [3.63, 3.8) is 0 Å². The average molecular weight is 389 g/mol. The fourth-order valence-electron chi connectivity index (χ4n) is 3.27. The summed E-state index contributed by atoms with van der Waals surface area (Å²) < 4.78 is 1.62. The maximum atomic E-state index is 13.3. The zero-order valence-corrected chi connectivity index (χ0v) is 16.1. The first-order chi connectivity index (χ1) is 12.7. The van der Waals surface area contributed by atoms with Crippen LogP contribution in [0.25, 0.3) is 5.78 Å². The van der Waals surface area contributed by atoms with Gasteiger partial charge in [-0.3, -0.25) is 9.69 Å². The third kappa shape index (κ3) is 3.59. The highest BCUT2D eigenvalue weighted by atomic mass is 32.2. The molecule has 1 amide bonds. The Balaban J connectivity index is 1.54. The number of hydrogen-bond acceptors (Lipinski definition) is 7. The first-order valence-corrected chi connectivity index (χ1v) is 10.5. The minimum Gasteiger partial charge on any atom is -0.284 e. The van der Waals surface area contributed by atoms with Crippen molar-refractivity contribution in [2.75, 3.05) is 4.90 Å². The Morgan fingerprint density at radius 2 is 2.15 bits per heavy atom. The molecule has 3 aromatic heterocycles. The molecule has 1 saturated carbocycles. The largest absolute Gasteiger partial charge is 0.284 e. The molecule has 0 aliphatic heterocycles. The van der Waals surface area contributed by atoms with Gasteiger partial charge in [0.1, 0.15) is 0 Å². The van der Waals surface area contributed by atoms with Crippen molar-refractivity contribution in [2.24, 2.45) is 0 Å². The topological polar surface area (TPSA) is 76.3 Å². The summed E-state index contributed by atoms with van der Waals surface area (Å²) in [6.45, 7) is 1.91. The van der Waals surface area contributed by atoms with E-state index in [0.29, 0.717) is 10.9 Å². The number of fused-ring (bicyclic) bond motifs is 1. The van der Waals surface area contributed by atoms with Gasteiger partial charge in [0.2, 0.25) is 11.1 Å². The van der Waals surface area contributed by atoms with Crippen LogP contribution in [0, 0.1) is 0 Å². The van der Waals surface area contributed by atoms with Gasteiger partial charge in [-0.2, -0.15) is 4.98 Å². The number of thiazole rings is 1. The van der Waals surface area contributed by atoms with Gasteiger partial charge in [-0.1, -0.05) is 31.0 Å². The molecule has 0 saturated heterocycles. The van der Waals surface area contributed by atoms with Crippen molar-refractivity contribution in [1.29, 1.82) is 0 Å². The Labute approximate surface area is 159 Å². The van der Waals surface area contributed by atoms with Crippen LogP contribution in [0.4, 0.5) is 5.13 Å². The average Bonchev–Trinajstić information content (AvgIpc) is 3.32. The van der Waals surface area contributed by atoms with Gasteiger partial charge in [0, 0.05) is 30.0 Å². The zero-order chi connectivity index (χ0) is 17.9. The lowest BCUT2D eigenvalue weighted by Gasteiger charge is -2.33. The number of hydrogen-bond donors (Lipinski definition) is 0. The lowest BCUT2D eigenvalue weighted by Crippen LogP contribution is -2.45. The van der Waals surface area contributed by atoms with Crippen molar-refractivity contribution < 1.29 is 4.79 Å². The first-order valence-electron chi connectivity index (χ1n) is 8.79. The van der Waals surface area contributed by atoms with Crippen LogP contribution < -0.4 is 4.90 Å². The zero-order valence-electron chi connectivity index (χ0n) is 14.5. The number of thioether (sulfide) groups is 1. The maximum absolute atomic E-state index is 13.3. The van der Waals surface area contributed by atoms with Gasteiger partial charge in [-0.25, -0.2) is 14.5 Å². The molecule has 1 aliphatic carbocycles. The third-order valence-electron chi connectivity index (χ3n) is 4.53. The molecule has 1 unspecified atom stereocenters. The van der Waals surface area contributed by atoms with Gasteiger partial charge in [-0.15, -0.1) is 16.4 Å². The van der Waals surface area contributed by atoms with E-state index in [2.05, 4.69) is 20.1 Å². The minimum absolute atomic E-state index is 0.0728. The predicted octanol–water partition coefficient (Wildman–Crippen LogP) is 3.43. The summed E-state index contributed by atoms with van der Waals surface area (Å²) in [5.41, 5.74) is 0. The molecular weight excluding hydrogens is 368 g/mol. The first kappa shape index (κ1) is 17.4. The van der Waals surface area contributed by atoms with Crippen LogP contribution in [0.2, 0.25) is 0 Å². The Bertz CT molecular complexity index is 841. The second-order valence-electron chi connectivity index (χ2n) is 6.33. The van der Waals surface area contributed by atoms with E-state index < -0.39 is 0 Å². The number of anilines is 1. The molecular formula is C17H20N6OS2. The Morgan fingerprint density at radius 1 is 1.31 bits per heavy atom. The fraction of sp³-hybridized carbons (Fsp3) is 0.471. The van der Waals surface area contributed by atoms with Crippen LogP contribution in [0.3, 0.4) is 0 Å². The van der Waals surface area contributed by atoms with Gasteiger partial charge in [0.15, 0.2) is 5.13 Å². The van der Waals surface area contributed by atoms with E-state index in [0.717, 1.165) is 18.0 Å². The molecule has 1 atom stereocenters. The second-order valence-corrected chi connectivity index (χ2v) is 8.51. The van der Waals surface area contributed by atoms with Crippen molar-refractivity contribution in [1.82, 2.24) is 24.6 Å². The van der Waals surface area contributed by atoms with Gasteiger partial charge < -0.3 is 0 Å². The quantitative estimate of drug-likeness (QED) is 0.623. The molecule has 9 heteroatoms. The van der Waals surface area contributed by atoms with Gasteiger partial charge in [-0.05, 0) is 25.8 Å². The number of rotatable bonds is 5. The summed E-state index contributed by atoms with van der Waals surface area (Å²) in [5, 5.41) is 7.37. The number of aromatic nitrogens is 5. The fourth-order valence-corrected chi connectivity index (χ4v) is 4.79. The molecule has 0 aromatic carbocycles. The lowest BCUT2D eigenvalue weighted by molar-refractivity contribution is -0.118. The van der Waals surface area contributed by atoms with Crippen molar-refractivity contribution in [3.8, 4) is 0 Å². The Hall–Kier alpha value is -2.00. The van der Waals surface area contributed by atoms with E-state index in [1.54, 1.807) is 29.2 Å². The molecule has 1 aliphatic rings. The number of carbonyl (C=O) groups excluding carboxylic acids is 1. The smallest absolute Gasteiger partial charge is 0.253 e. The monoisotopic (exact) mass is 388 g/mol. The van der Waals surface area contributed by atoms with E-state index in [9.17, 15) is 4.79 Å². The highest BCUT2D eigenvalue weighted by Crippen LogP contribution is 2.32. The lowest BCUT2D eigenvalue weighted by atomic mass is 9.94. The van der Waals surface area contributed by atoms with Crippen LogP contribution in [-0.2, 0) is 4.79 Å². The van der Waals surface area contributed by atoms with Crippen LogP contribution in [0.1, 0.15) is 39.0 Å². The summed E-state index contributed by atoms with van der Waals surface area (Å²) in [6.07, 6.45) is 10.9. The third-order valence-corrected chi connectivity index (χ3v) is 6.24. The van der Waals surface area contributed by atoms with E-state index in [-0.39, 0.29) is 17.2 Å². The number of nitrogens with zero attached hydrogens (tertiary/aromatic N) is 6. The molecule has 0 radical (unpaired) electrons. The summed E-state index contributed by atoms with van der Waals surface area (Å²) >= 11 is 2.89. The number of amides is 1. The van der Waals surface area contributed by atoms with Crippen molar-refractivity contribution in [2.45, 2.75) is 55.5 Å². The van der Waals surface area contributed by atoms with Gasteiger partial charge >= 0.3 is 0 Å². The highest BCUT2D eigenvalue weighted by Gasteiger charge is 2.32. The summed E-state index contributed by atoms with van der Waals surface area (Å²) in [7, 11) is 0. The van der Waals surface area contributed by atoms with E-state index in [4.69, 9.17) is 0 Å². The van der Waals surface area contributed by atoms with Crippen LogP contribution in [0.15, 0.2) is 35.2 Å². The molecule has 3 aromatic rings. The summed E-state index contributed by atoms with van der Waals surface area (Å²) in [6, 6.07) is 2.04. The van der Waals surface area contributed by atoms with E-state index in [1.807, 2.05) is 17.2 Å². The summed E-state index contributed by atoms with van der Waals surface area (Å²) in [5.74, 6) is 0.613. The Morgan fingerprint density at radius 3 is 2.88 bits per heavy atom. The van der Waals surface area contributed by atoms with Gasteiger partial charge in [0.05, 0.1) is 5.25 Å². The molecule has 7 nitrogen and oxygen atoms in total. The molecule has 0 spiro atoms. The minimum atomic E-state index is -0.293. The van der Waals surface area contributed by atoms with Crippen LogP contribution in [0.5, 0.6) is 0 Å². The SMILES string of the molecule is CC(Sc1nc2ncccn2n1)C(=O)N(c1nccs1)C1CCCCC1. The van der Waals surface area contributed by atoms with E-state index >= 15 is 0 Å². The standard InChI is InChI=1S/C17H20N6OS2/c1-12(26-16-20-15-18-8-5-10-22(15)21-16)14(24)23(17-19-9-11-25-17)13-6-3-2-4-7-13/h5,8-13H,2-4,6-7H2,1H3. The maximum Gasteiger partial charge on any atom is 0.253 e. The molecule has 4 rings (SSSR count). The molecule has 0 N–H and O–H groups in total. The number of carbonyl (C=O) groups is 1. The normalized spacial score (nSPS) is 16.7. The molecule has 26 heavy (non-hydrogen) atoms.